The van der Waals surface area contributed by atoms with E-state index in [-0.39, 0.29) is 5.97 Å². The van der Waals surface area contributed by atoms with Gasteiger partial charge < -0.3 is 4.74 Å². The van der Waals surface area contributed by atoms with Gasteiger partial charge >= 0.3 is 5.97 Å². The Labute approximate surface area is 189 Å². The van der Waals surface area contributed by atoms with Crippen LogP contribution in [0.5, 0.6) is 0 Å². The number of methoxy groups -OCH3 is 1. The number of unbranched alkanes of at least 4 members (excludes halogenated alkanes) is 15. The lowest BCUT2D eigenvalue weighted by Crippen LogP contribution is -2.06. The number of hydrogen-bond donors (Lipinski definition) is 0. The number of allylic oxidation sites excluding steroid dienone is 1. The quantitative estimate of drug-likeness (QED) is 0.105. The Bertz CT molecular complexity index is 413. The Kier molecular flexibility index (Phi) is 20.9. The van der Waals surface area contributed by atoms with Gasteiger partial charge in [-0.3, -0.25) is 0 Å². The number of hydrogen-bond acceptors (Lipinski definition) is 2. The van der Waals surface area contributed by atoms with Crippen molar-refractivity contribution in [3.05, 3.63) is 11.6 Å². The van der Waals surface area contributed by atoms with E-state index in [4.69, 9.17) is 4.74 Å². The Hall–Kier alpha value is -0.790. The fourth-order valence-electron chi connectivity index (χ4n) is 4.52. The topological polar surface area (TPSA) is 26.3 Å². The van der Waals surface area contributed by atoms with Gasteiger partial charge in [0.2, 0.25) is 0 Å². The smallest absolute Gasteiger partial charge is 0.333 e. The largest absolute Gasteiger partial charge is 0.466 e. The van der Waals surface area contributed by atoms with E-state index in [0.717, 1.165) is 17.9 Å². The molecule has 0 bridgehead atoms. The highest BCUT2D eigenvalue weighted by Crippen LogP contribution is 2.21. The lowest BCUT2D eigenvalue weighted by Gasteiger charge is -2.15. The molecule has 2 unspecified atom stereocenters. The third-order valence-electron chi connectivity index (χ3n) is 6.37. The molecular weight excluding hydrogens is 368 g/mol. The molecule has 2 heteroatoms. The fraction of sp³-hybridized carbons (Fsp3) is 0.893. The summed E-state index contributed by atoms with van der Waals surface area (Å²) in [6.07, 6.45) is 27.4. The van der Waals surface area contributed by atoms with E-state index in [9.17, 15) is 4.79 Å². The summed E-state index contributed by atoms with van der Waals surface area (Å²) < 4.78 is 4.77. The van der Waals surface area contributed by atoms with Crippen molar-refractivity contribution < 1.29 is 9.53 Å². The standard InChI is InChI=1S/C28H54O2/c1-6-7-8-9-10-11-12-13-14-15-16-17-18-19-20-21-22-25(2)23-26(3)24-27(4)28(29)30-5/h24-26H,6-23H2,1-5H3/b27-24+. The van der Waals surface area contributed by atoms with Gasteiger partial charge in [-0.25, -0.2) is 4.79 Å². The normalized spacial score (nSPS) is 14.0. The molecule has 0 fully saturated rings. The average molecular weight is 423 g/mol. The van der Waals surface area contributed by atoms with Crippen LogP contribution in [0.2, 0.25) is 0 Å². The lowest BCUT2D eigenvalue weighted by atomic mass is 9.91. The Morgan fingerprint density at radius 3 is 1.53 bits per heavy atom. The maximum absolute atomic E-state index is 11.5. The van der Waals surface area contributed by atoms with Crippen LogP contribution in [0.1, 0.15) is 143 Å². The second-order valence-corrected chi connectivity index (χ2v) is 9.75. The van der Waals surface area contributed by atoms with Crippen LogP contribution in [0.3, 0.4) is 0 Å². The molecule has 178 valence electrons. The second kappa shape index (κ2) is 21.4. The highest BCUT2D eigenvalue weighted by Gasteiger charge is 2.10. The molecule has 0 aromatic carbocycles. The highest BCUT2D eigenvalue weighted by atomic mass is 16.5. The monoisotopic (exact) mass is 422 g/mol. The maximum atomic E-state index is 11.5. The summed E-state index contributed by atoms with van der Waals surface area (Å²) >= 11 is 0. The molecule has 0 spiro atoms. The third-order valence-corrected chi connectivity index (χ3v) is 6.37. The number of rotatable bonds is 21. The van der Waals surface area contributed by atoms with Crippen LogP contribution in [0.15, 0.2) is 11.6 Å². The van der Waals surface area contributed by atoms with Crippen molar-refractivity contribution in [1.82, 2.24) is 0 Å². The minimum Gasteiger partial charge on any atom is -0.466 e. The first-order chi connectivity index (χ1) is 14.5. The number of esters is 1. The third kappa shape index (κ3) is 19.2. The van der Waals surface area contributed by atoms with Crippen LogP contribution >= 0.6 is 0 Å². The van der Waals surface area contributed by atoms with Crippen molar-refractivity contribution in [1.29, 1.82) is 0 Å². The molecule has 0 aromatic heterocycles. The predicted molar refractivity (Wildman–Crippen MR) is 133 cm³/mol. The number of ether oxygens (including phenoxy) is 1. The number of carbonyl (C=O) groups is 1. The molecular formula is C28H54O2. The van der Waals surface area contributed by atoms with Gasteiger partial charge in [0, 0.05) is 5.57 Å². The van der Waals surface area contributed by atoms with Crippen molar-refractivity contribution in [2.45, 2.75) is 143 Å². The van der Waals surface area contributed by atoms with Crippen LogP contribution in [0, 0.1) is 11.8 Å². The van der Waals surface area contributed by atoms with E-state index in [1.165, 1.54) is 116 Å². The molecule has 0 aliphatic heterocycles. The first kappa shape index (κ1) is 29.2. The Morgan fingerprint density at radius 1 is 0.733 bits per heavy atom. The molecule has 0 saturated heterocycles. The lowest BCUT2D eigenvalue weighted by molar-refractivity contribution is -0.136. The molecule has 2 atom stereocenters. The summed E-state index contributed by atoms with van der Waals surface area (Å²) in [5.74, 6) is 0.973. The molecule has 0 aromatic rings. The van der Waals surface area contributed by atoms with E-state index < -0.39 is 0 Å². The second-order valence-electron chi connectivity index (χ2n) is 9.75. The molecule has 0 heterocycles. The van der Waals surface area contributed by atoms with Crippen molar-refractivity contribution in [2.75, 3.05) is 7.11 Å². The molecule has 0 rings (SSSR count). The van der Waals surface area contributed by atoms with E-state index in [1.807, 2.05) is 6.92 Å². The molecule has 2 nitrogen and oxygen atoms in total. The van der Waals surface area contributed by atoms with Gasteiger partial charge in [-0.1, -0.05) is 136 Å². The van der Waals surface area contributed by atoms with E-state index >= 15 is 0 Å². The minimum atomic E-state index is -0.202. The van der Waals surface area contributed by atoms with Crippen LogP contribution in [0.25, 0.3) is 0 Å². The van der Waals surface area contributed by atoms with Gasteiger partial charge in [0.05, 0.1) is 7.11 Å². The molecule has 0 aliphatic carbocycles. The minimum absolute atomic E-state index is 0.202. The van der Waals surface area contributed by atoms with Crippen LogP contribution in [-0.2, 0) is 9.53 Å². The fourth-order valence-corrected chi connectivity index (χ4v) is 4.52. The molecule has 0 amide bonds. The zero-order valence-electron chi connectivity index (χ0n) is 21.3. The van der Waals surface area contributed by atoms with Gasteiger partial charge in [-0.2, -0.15) is 0 Å². The van der Waals surface area contributed by atoms with E-state index in [2.05, 4.69) is 26.8 Å². The summed E-state index contributed by atoms with van der Waals surface area (Å²) in [7, 11) is 1.45. The predicted octanol–water partition coefficient (Wildman–Crippen LogP) is 9.42. The maximum Gasteiger partial charge on any atom is 0.333 e. The van der Waals surface area contributed by atoms with Crippen LogP contribution < -0.4 is 0 Å². The van der Waals surface area contributed by atoms with Crippen molar-refractivity contribution in [3.8, 4) is 0 Å². The van der Waals surface area contributed by atoms with E-state index in [1.54, 1.807) is 0 Å². The molecule has 0 aliphatic rings. The average Bonchev–Trinajstić information content (AvgIpc) is 2.72. The summed E-state index contributed by atoms with van der Waals surface area (Å²) in [4.78, 5) is 11.5. The van der Waals surface area contributed by atoms with Crippen LogP contribution in [0.4, 0.5) is 0 Å². The first-order valence-corrected chi connectivity index (χ1v) is 13.3. The van der Waals surface area contributed by atoms with Gasteiger partial charge in [-0.15, -0.1) is 0 Å². The van der Waals surface area contributed by atoms with Crippen molar-refractivity contribution in [2.24, 2.45) is 11.8 Å². The van der Waals surface area contributed by atoms with Crippen molar-refractivity contribution >= 4 is 5.97 Å². The SMILES string of the molecule is CCCCCCCCCCCCCCCCCCC(C)CC(C)/C=C(\C)C(=O)OC. The summed E-state index contributed by atoms with van der Waals surface area (Å²) in [5.41, 5.74) is 0.736. The van der Waals surface area contributed by atoms with Crippen molar-refractivity contribution in [3.63, 3.8) is 0 Å². The Morgan fingerprint density at radius 2 is 1.13 bits per heavy atom. The van der Waals surface area contributed by atoms with E-state index in [0.29, 0.717) is 5.92 Å². The molecule has 30 heavy (non-hydrogen) atoms. The van der Waals surface area contributed by atoms with Gasteiger partial charge in [0.25, 0.3) is 0 Å². The summed E-state index contributed by atoms with van der Waals surface area (Å²) in [6.45, 7) is 8.70. The number of carbonyl (C=O) groups excluding carboxylic acids is 1. The van der Waals surface area contributed by atoms with Gasteiger partial charge in [0.1, 0.15) is 0 Å². The zero-order chi connectivity index (χ0) is 22.5. The molecule has 0 saturated carbocycles. The van der Waals surface area contributed by atoms with Gasteiger partial charge in [0.15, 0.2) is 0 Å². The first-order valence-electron chi connectivity index (χ1n) is 13.3. The zero-order valence-corrected chi connectivity index (χ0v) is 21.3. The highest BCUT2D eigenvalue weighted by molar-refractivity contribution is 5.87. The molecule has 0 radical (unpaired) electrons. The summed E-state index contributed by atoms with van der Waals surface area (Å²) in [6, 6.07) is 0. The summed E-state index contributed by atoms with van der Waals surface area (Å²) in [5, 5.41) is 0. The molecule has 0 N–H and O–H groups in total. The van der Waals surface area contributed by atoms with Gasteiger partial charge in [-0.05, 0) is 25.2 Å². The van der Waals surface area contributed by atoms with Crippen LogP contribution in [-0.4, -0.2) is 13.1 Å². The Balaban J connectivity index is 3.40.